The van der Waals surface area contributed by atoms with Crippen molar-refractivity contribution in [2.24, 2.45) is 0 Å². The van der Waals surface area contributed by atoms with Crippen LogP contribution in [0.3, 0.4) is 0 Å². The zero-order valence-corrected chi connectivity index (χ0v) is 11.7. The Hall–Kier alpha value is -0.110. The monoisotopic (exact) mass is 372 g/mol. The minimum Gasteiger partial charge on any atom is -0.332 e. The Morgan fingerprint density at radius 1 is 1.33 bits per heavy atom. The molecule has 0 unspecified atom stereocenters. The molecule has 2 aromatic rings. The van der Waals surface area contributed by atoms with Crippen LogP contribution in [0.2, 0.25) is 0 Å². The fourth-order valence-electron chi connectivity index (χ4n) is 1.23. The highest BCUT2D eigenvalue weighted by molar-refractivity contribution is 9.10. The highest BCUT2D eigenvalue weighted by Crippen LogP contribution is 2.32. The standard InChI is InChI=1S/C7H3Br2ClN2O2S/c8-3-1-2-4-5(12-7(9)11-4)6(3)15(10,13)14/h1-2H,(H,11,12). The number of rotatable bonds is 1. The first-order chi connectivity index (χ1) is 6.89. The number of benzene rings is 1. The topological polar surface area (TPSA) is 62.8 Å². The van der Waals surface area contributed by atoms with E-state index < -0.39 is 9.05 Å². The second kappa shape index (κ2) is 3.73. The van der Waals surface area contributed by atoms with Gasteiger partial charge in [-0.3, -0.25) is 0 Å². The van der Waals surface area contributed by atoms with Crippen LogP contribution in [-0.2, 0) is 9.05 Å². The van der Waals surface area contributed by atoms with Crippen molar-refractivity contribution in [3.63, 3.8) is 0 Å². The number of fused-ring (bicyclic) bond motifs is 1. The number of halogens is 3. The van der Waals surface area contributed by atoms with Gasteiger partial charge in [-0.15, -0.1) is 0 Å². The highest BCUT2D eigenvalue weighted by Gasteiger charge is 2.20. The van der Waals surface area contributed by atoms with Gasteiger partial charge in [-0.25, -0.2) is 13.4 Å². The van der Waals surface area contributed by atoms with Gasteiger partial charge in [0.25, 0.3) is 9.05 Å². The van der Waals surface area contributed by atoms with Crippen LogP contribution < -0.4 is 0 Å². The SMILES string of the molecule is O=S(=O)(Cl)c1c(Br)ccc2[nH]c(Br)nc12. The lowest BCUT2D eigenvalue weighted by Crippen LogP contribution is -1.93. The number of hydrogen-bond donors (Lipinski definition) is 1. The Labute approximate surface area is 107 Å². The first kappa shape index (κ1) is 11.4. The van der Waals surface area contributed by atoms with Crippen LogP contribution in [0.5, 0.6) is 0 Å². The van der Waals surface area contributed by atoms with Gasteiger partial charge in [0.15, 0.2) is 4.73 Å². The minimum atomic E-state index is -3.82. The van der Waals surface area contributed by atoms with E-state index in [1.54, 1.807) is 12.1 Å². The predicted molar refractivity (Wildman–Crippen MR) is 64.5 cm³/mol. The average molecular weight is 374 g/mol. The molecule has 0 atom stereocenters. The summed E-state index contributed by atoms with van der Waals surface area (Å²) in [5.41, 5.74) is 0.913. The predicted octanol–water partition coefficient (Wildman–Crippen LogP) is 3.02. The van der Waals surface area contributed by atoms with E-state index in [1.165, 1.54) is 0 Å². The van der Waals surface area contributed by atoms with Crippen LogP contribution in [0.1, 0.15) is 0 Å². The second-order valence-electron chi connectivity index (χ2n) is 2.74. The van der Waals surface area contributed by atoms with Crippen LogP contribution >= 0.6 is 42.5 Å². The molecule has 0 aliphatic rings. The number of imidazole rings is 1. The van der Waals surface area contributed by atoms with Crippen molar-refractivity contribution < 1.29 is 8.42 Å². The molecule has 8 heteroatoms. The van der Waals surface area contributed by atoms with Gasteiger partial charge < -0.3 is 4.98 Å². The number of H-pyrrole nitrogens is 1. The van der Waals surface area contributed by atoms with Gasteiger partial charge >= 0.3 is 0 Å². The molecule has 2 rings (SSSR count). The van der Waals surface area contributed by atoms with Gasteiger partial charge in [-0.05, 0) is 44.0 Å². The Bertz CT molecular complexity index is 638. The third-order valence-corrected chi connectivity index (χ3v) is 4.44. The maximum absolute atomic E-state index is 11.3. The van der Waals surface area contributed by atoms with Crippen LogP contribution in [0.15, 0.2) is 26.2 Å². The van der Waals surface area contributed by atoms with E-state index in [4.69, 9.17) is 10.7 Å². The van der Waals surface area contributed by atoms with Gasteiger partial charge in [0, 0.05) is 15.2 Å². The maximum atomic E-state index is 11.3. The Morgan fingerprint density at radius 3 is 2.60 bits per heavy atom. The third kappa shape index (κ3) is 2.06. The van der Waals surface area contributed by atoms with Crippen molar-refractivity contribution in [3.05, 3.63) is 21.3 Å². The van der Waals surface area contributed by atoms with E-state index in [9.17, 15) is 8.42 Å². The molecule has 0 fully saturated rings. The normalized spacial score (nSPS) is 12.2. The highest BCUT2D eigenvalue weighted by atomic mass is 79.9. The summed E-state index contributed by atoms with van der Waals surface area (Å²) in [5, 5.41) is 0. The van der Waals surface area contributed by atoms with E-state index in [0.29, 0.717) is 20.2 Å². The summed E-state index contributed by atoms with van der Waals surface area (Å²) in [5.74, 6) is 0. The summed E-state index contributed by atoms with van der Waals surface area (Å²) in [6, 6.07) is 3.31. The number of aromatic amines is 1. The minimum absolute atomic E-state index is 0.0244. The Morgan fingerprint density at radius 2 is 2.00 bits per heavy atom. The number of nitrogens with one attached hydrogen (secondary N) is 1. The quantitative estimate of drug-likeness (QED) is 0.781. The summed E-state index contributed by atoms with van der Waals surface area (Å²) in [6.07, 6.45) is 0. The van der Waals surface area contributed by atoms with Gasteiger partial charge in [0.2, 0.25) is 0 Å². The Balaban J connectivity index is 2.98. The fraction of sp³-hybridized carbons (Fsp3) is 0. The smallest absolute Gasteiger partial charge is 0.264 e. The van der Waals surface area contributed by atoms with Crippen molar-refractivity contribution in [1.82, 2.24) is 9.97 Å². The van der Waals surface area contributed by atoms with E-state index >= 15 is 0 Å². The van der Waals surface area contributed by atoms with Crippen molar-refractivity contribution in [3.8, 4) is 0 Å². The average Bonchev–Trinajstić information content (AvgIpc) is 2.41. The molecule has 1 aromatic heterocycles. The molecular formula is C7H3Br2ClN2O2S. The van der Waals surface area contributed by atoms with Crippen molar-refractivity contribution in [2.45, 2.75) is 4.90 Å². The lowest BCUT2D eigenvalue weighted by Gasteiger charge is -2.00. The molecule has 0 aliphatic heterocycles. The Kier molecular flexibility index (Phi) is 2.83. The van der Waals surface area contributed by atoms with Crippen LogP contribution in [0, 0.1) is 0 Å². The van der Waals surface area contributed by atoms with E-state index in [2.05, 4.69) is 41.8 Å². The lowest BCUT2D eigenvalue weighted by molar-refractivity contribution is 0.610. The fourth-order valence-corrected chi connectivity index (χ4v) is 4.01. The third-order valence-electron chi connectivity index (χ3n) is 1.78. The summed E-state index contributed by atoms with van der Waals surface area (Å²) >= 11 is 6.26. The molecule has 0 spiro atoms. The summed E-state index contributed by atoms with van der Waals surface area (Å²) < 4.78 is 23.5. The molecule has 0 aliphatic carbocycles. The summed E-state index contributed by atoms with van der Waals surface area (Å²) in [4.78, 5) is 6.84. The largest absolute Gasteiger partial charge is 0.332 e. The molecule has 1 heterocycles. The van der Waals surface area contributed by atoms with Crippen molar-refractivity contribution >= 4 is 62.6 Å². The van der Waals surface area contributed by atoms with Crippen LogP contribution in [-0.4, -0.2) is 18.4 Å². The zero-order valence-electron chi connectivity index (χ0n) is 6.96. The van der Waals surface area contributed by atoms with E-state index in [1.807, 2.05) is 0 Å². The number of hydrogen-bond acceptors (Lipinski definition) is 3. The summed E-state index contributed by atoms with van der Waals surface area (Å²) in [6.45, 7) is 0. The summed E-state index contributed by atoms with van der Waals surface area (Å²) in [7, 11) is 1.50. The maximum Gasteiger partial charge on any atom is 0.264 e. The molecule has 80 valence electrons. The number of aromatic nitrogens is 2. The van der Waals surface area contributed by atoms with Gasteiger partial charge in [-0.1, -0.05) is 0 Å². The molecule has 0 radical (unpaired) electrons. The molecule has 0 bridgehead atoms. The van der Waals surface area contributed by atoms with Crippen LogP contribution in [0.4, 0.5) is 0 Å². The lowest BCUT2D eigenvalue weighted by atomic mass is 10.3. The van der Waals surface area contributed by atoms with Gasteiger partial charge in [0.05, 0.1) is 5.52 Å². The first-order valence-electron chi connectivity index (χ1n) is 3.68. The van der Waals surface area contributed by atoms with E-state index in [-0.39, 0.29) is 4.90 Å². The number of nitrogens with zero attached hydrogens (tertiary/aromatic N) is 1. The first-order valence-corrected chi connectivity index (χ1v) is 7.57. The van der Waals surface area contributed by atoms with Gasteiger partial charge in [0.1, 0.15) is 10.4 Å². The van der Waals surface area contributed by atoms with Crippen molar-refractivity contribution in [2.75, 3.05) is 0 Å². The van der Waals surface area contributed by atoms with E-state index in [0.717, 1.165) is 0 Å². The molecular weight excluding hydrogens is 371 g/mol. The molecule has 0 saturated carbocycles. The van der Waals surface area contributed by atoms with Crippen LogP contribution in [0.25, 0.3) is 11.0 Å². The molecule has 15 heavy (non-hydrogen) atoms. The molecule has 0 amide bonds. The molecule has 0 saturated heterocycles. The van der Waals surface area contributed by atoms with Gasteiger partial charge in [-0.2, -0.15) is 0 Å². The second-order valence-corrected chi connectivity index (χ2v) is 6.85. The van der Waals surface area contributed by atoms with Crippen molar-refractivity contribution in [1.29, 1.82) is 0 Å². The molecule has 1 aromatic carbocycles. The molecule has 1 N–H and O–H groups in total. The molecule has 4 nitrogen and oxygen atoms in total. The zero-order chi connectivity index (χ0) is 11.2.